The molecule has 0 aliphatic carbocycles. The average Bonchev–Trinajstić information content (AvgIpc) is 2.72. The van der Waals surface area contributed by atoms with Crippen LogP contribution in [0.4, 0.5) is 5.69 Å². The SMILES string of the molecule is CC(C)Nc1cc(Cl)ncc1-c1cn(C[SH](C)(C)(C)C)nn1. The van der Waals surface area contributed by atoms with Gasteiger partial charge in [0.15, 0.2) is 0 Å². The molecule has 0 unspecified atom stereocenters. The lowest BCUT2D eigenvalue weighted by Crippen LogP contribution is -2.18. The van der Waals surface area contributed by atoms with Gasteiger partial charge >= 0.3 is 0 Å². The Bertz CT molecular complexity index is 663. The van der Waals surface area contributed by atoms with Crippen LogP contribution >= 0.6 is 20.8 Å². The lowest BCUT2D eigenvalue weighted by atomic mass is 10.1. The molecule has 0 radical (unpaired) electrons. The first kappa shape index (κ1) is 17.1. The van der Waals surface area contributed by atoms with E-state index in [0.717, 1.165) is 22.8 Å². The predicted octanol–water partition coefficient (Wildman–Crippen LogP) is 3.36. The van der Waals surface area contributed by atoms with E-state index in [2.05, 4.69) is 59.5 Å². The highest BCUT2D eigenvalue weighted by atomic mass is 35.5. The maximum absolute atomic E-state index is 6.01. The zero-order chi connectivity index (χ0) is 16.6. The maximum Gasteiger partial charge on any atom is 0.131 e. The van der Waals surface area contributed by atoms with Gasteiger partial charge < -0.3 is 5.32 Å². The number of anilines is 1. The van der Waals surface area contributed by atoms with E-state index in [9.17, 15) is 0 Å². The minimum atomic E-state index is -1.69. The standard InChI is InChI=1S/C15H26ClN5S/c1-11(2)18-13-7-15(16)17-8-12(13)14-9-21(20-19-14)10-22(3,4,5)6/h7-9,11,22H,10H2,1-6H3,(H,17,18). The third kappa shape index (κ3) is 4.88. The second-order valence-corrected chi connectivity index (χ2v) is 16.7. The molecule has 0 atom stereocenters. The van der Waals surface area contributed by atoms with Crippen molar-refractivity contribution in [2.24, 2.45) is 0 Å². The molecule has 2 aromatic heterocycles. The third-order valence-corrected chi connectivity index (χ3v) is 4.47. The molecule has 2 rings (SSSR count). The molecule has 0 spiro atoms. The Hall–Kier alpha value is -1.27. The summed E-state index contributed by atoms with van der Waals surface area (Å²) in [6.45, 7) is 4.17. The number of hydrogen-bond donors (Lipinski definition) is 2. The van der Waals surface area contributed by atoms with Crippen molar-refractivity contribution in [3.8, 4) is 11.3 Å². The van der Waals surface area contributed by atoms with E-state index in [1.165, 1.54) is 0 Å². The van der Waals surface area contributed by atoms with Crippen LogP contribution in [0, 0.1) is 0 Å². The molecule has 2 aromatic rings. The molecule has 7 heteroatoms. The predicted molar refractivity (Wildman–Crippen MR) is 99.7 cm³/mol. The Morgan fingerprint density at radius 3 is 2.55 bits per heavy atom. The van der Waals surface area contributed by atoms with E-state index in [1.54, 1.807) is 6.20 Å². The number of aromatic nitrogens is 4. The van der Waals surface area contributed by atoms with Crippen LogP contribution in [-0.2, 0) is 5.88 Å². The number of pyridine rings is 1. The maximum atomic E-state index is 6.01. The van der Waals surface area contributed by atoms with Crippen LogP contribution in [0.5, 0.6) is 0 Å². The second kappa shape index (κ2) is 5.74. The Kier molecular flexibility index (Phi) is 4.46. The van der Waals surface area contributed by atoms with Gasteiger partial charge in [0.05, 0.1) is 12.1 Å². The molecule has 124 valence electrons. The van der Waals surface area contributed by atoms with E-state index in [1.807, 2.05) is 16.9 Å². The zero-order valence-electron chi connectivity index (χ0n) is 14.1. The van der Waals surface area contributed by atoms with Gasteiger partial charge in [-0.25, -0.2) is 9.67 Å². The molecule has 1 N–H and O–H groups in total. The largest absolute Gasteiger partial charge is 0.382 e. The van der Waals surface area contributed by atoms with Gasteiger partial charge in [-0.2, -0.15) is 0 Å². The number of nitrogens with zero attached hydrogens (tertiary/aromatic N) is 4. The smallest absolute Gasteiger partial charge is 0.131 e. The molecule has 0 amide bonds. The van der Waals surface area contributed by atoms with E-state index < -0.39 is 9.16 Å². The van der Waals surface area contributed by atoms with E-state index in [0.29, 0.717) is 11.2 Å². The highest BCUT2D eigenvalue weighted by molar-refractivity contribution is 8.46. The van der Waals surface area contributed by atoms with Gasteiger partial charge in [-0.15, -0.1) is 5.10 Å². The van der Waals surface area contributed by atoms with Gasteiger partial charge in [0.2, 0.25) is 0 Å². The van der Waals surface area contributed by atoms with Crippen LogP contribution in [0.1, 0.15) is 13.8 Å². The minimum absolute atomic E-state index is 0.299. The van der Waals surface area contributed by atoms with Gasteiger partial charge in [-0.3, -0.25) is 9.16 Å². The zero-order valence-corrected chi connectivity index (χ0v) is 15.8. The summed E-state index contributed by atoms with van der Waals surface area (Å²) in [6.07, 6.45) is 13.0. The van der Waals surface area contributed by atoms with Gasteiger partial charge in [0.25, 0.3) is 0 Å². The Morgan fingerprint density at radius 2 is 1.95 bits per heavy atom. The van der Waals surface area contributed by atoms with Crippen LogP contribution in [-0.4, -0.2) is 51.0 Å². The fraction of sp³-hybridized carbons (Fsp3) is 0.533. The van der Waals surface area contributed by atoms with Crippen molar-refractivity contribution < 1.29 is 0 Å². The van der Waals surface area contributed by atoms with E-state index >= 15 is 0 Å². The molecule has 0 saturated carbocycles. The fourth-order valence-corrected chi connectivity index (χ4v) is 3.59. The van der Waals surface area contributed by atoms with Crippen LogP contribution in [0.15, 0.2) is 18.5 Å². The summed E-state index contributed by atoms with van der Waals surface area (Å²) in [5.41, 5.74) is 2.66. The van der Waals surface area contributed by atoms with Crippen molar-refractivity contribution in [2.45, 2.75) is 25.8 Å². The second-order valence-electron chi connectivity index (χ2n) is 8.08. The molecule has 22 heavy (non-hydrogen) atoms. The first-order valence-electron chi connectivity index (χ1n) is 7.32. The van der Waals surface area contributed by atoms with Gasteiger partial charge in [0.1, 0.15) is 10.8 Å². The molecule has 0 aromatic carbocycles. The third-order valence-electron chi connectivity index (χ3n) is 2.84. The summed E-state index contributed by atoms with van der Waals surface area (Å²) in [4.78, 5) is 4.18. The number of halogens is 1. The Labute approximate surface area is 137 Å². The molecule has 0 aliphatic rings. The van der Waals surface area contributed by atoms with Gasteiger partial charge in [-0.05, 0) is 44.9 Å². The summed E-state index contributed by atoms with van der Waals surface area (Å²) in [5.74, 6) is 0.909. The number of nitrogens with one attached hydrogen (secondary N) is 1. The molecule has 0 fully saturated rings. The molecule has 0 saturated heterocycles. The van der Waals surface area contributed by atoms with Crippen molar-refractivity contribution in [3.63, 3.8) is 0 Å². The first-order chi connectivity index (χ1) is 9.99. The van der Waals surface area contributed by atoms with Crippen LogP contribution in [0.25, 0.3) is 11.3 Å². The number of thiol groups is 1. The highest BCUT2D eigenvalue weighted by Crippen LogP contribution is 2.56. The summed E-state index contributed by atoms with van der Waals surface area (Å²) < 4.78 is 1.93. The van der Waals surface area contributed by atoms with Crippen molar-refractivity contribution in [2.75, 3.05) is 30.3 Å². The van der Waals surface area contributed by atoms with Crippen molar-refractivity contribution in [1.82, 2.24) is 20.0 Å². The van der Waals surface area contributed by atoms with Gasteiger partial charge in [0, 0.05) is 23.5 Å². The van der Waals surface area contributed by atoms with E-state index in [-0.39, 0.29) is 0 Å². The Morgan fingerprint density at radius 1 is 1.27 bits per heavy atom. The van der Waals surface area contributed by atoms with E-state index in [4.69, 9.17) is 11.6 Å². The molecule has 0 bridgehead atoms. The Balaban J connectivity index is 2.35. The molecule has 2 heterocycles. The number of hydrogen-bond acceptors (Lipinski definition) is 4. The van der Waals surface area contributed by atoms with Gasteiger partial charge in [-0.1, -0.05) is 16.8 Å². The number of rotatable bonds is 5. The van der Waals surface area contributed by atoms with Crippen molar-refractivity contribution in [1.29, 1.82) is 0 Å². The summed E-state index contributed by atoms with van der Waals surface area (Å²) >= 11 is 6.01. The fourth-order valence-electron chi connectivity index (χ4n) is 2.13. The quantitative estimate of drug-likeness (QED) is 0.645. The summed E-state index contributed by atoms with van der Waals surface area (Å²) in [7, 11) is -1.69. The molecule has 5 nitrogen and oxygen atoms in total. The summed E-state index contributed by atoms with van der Waals surface area (Å²) in [5, 5.41) is 12.4. The topological polar surface area (TPSA) is 55.6 Å². The van der Waals surface area contributed by atoms with Crippen LogP contribution in [0.2, 0.25) is 5.15 Å². The lowest BCUT2D eigenvalue weighted by molar-refractivity contribution is 0.695. The highest BCUT2D eigenvalue weighted by Gasteiger charge is 2.21. The first-order valence-corrected chi connectivity index (χ1v) is 11.9. The summed E-state index contributed by atoms with van der Waals surface area (Å²) in [6, 6.07) is 2.13. The normalized spacial score (nSPS) is 13.9. The molecular weight excluding hydrogens is 318 g/mol. The molecular formula is C15H26ClN5S. The van der Waals surface area contributed by atoms with Crippen LogP contribution < -0.4 is 5.32 Å². The van der Waals surface area contributed by atoms with Crippen molar-refractivity contribution >= 4 is 26.4 Å². The average molecular weight is 344 g/mol. The van der Waals surface area contributed by atoms with Crippen LogP contribution in [0.3, 0.4) is 0 Å². The minimum Gasteiger partial charge on any atom is -0.382 e. The lowest BCUT2D eigenvalue weighted by Gasteiger charge is -2.46. The van der Waals surface area contributed by atoms with Crippen molar-refractivity contribution in [3.05, 3.63) is 23.6 Å². The molecule has 0 aliphatic heterocycles. The monoisotopic (exact) mass is 343 g/mol.